The van der Waals surface area contributed by atoms with E-state index in [0.717, 1.165) is 0 Å². The average molecular weight is 191 g/mol. The van der Waals surface area contributed by atoms with Crippen LogP contribution >= 0.6 is 0 Å². The van der Waals surface area contributed by atoms with Gasteiger partial charge in [-0.15, -0.1) is 0 Å². The molecule has 2 aliphatic rings. The number of rotatable bonds is 0. The molecule has 1 radical (unpaired) electrons. The van der Waals surface area contributed by atoms with Crippen LogP contribution < -0.4 is 10.4 Å². The summed E-state index contributed by atoms with van der Waals surface area (Å²) in [6.45, 7) is 0. The zero-order valence-corrected chi connectivity index (χ0v) is 8.35. The molecule has 0 aromatic heterocycles. The van der Waals surface area contributed by atoms with E-state index in [2.05, 4.69) is 67.2 Å². The fraction of sp³-hybridized carbons (Fsp3) is 0. The zero-order valence-electron chi connectivity index (χ0n) is 8.35. The number of fused-ring (bicyclic) bond motifs is 3. The van der Waals surface area contributed by atoms with Crippen LogP contribution in [0.15, 0.2) is 42.5 Å². The van der Waals surface area contributed by atoms with Crippen molar-refractivity contribution in [2.45, 2.75) is 0 Å². The molecular formula is C15H11. The van der Waals surface area contributed by atoms with Crippen LogP contribution in [0.4, 0.5) is 0 Å². The lowest BCUT2D eigenvalue weighted by Gasteiger charge is -2.08. The molecule has 1 aromatic carbocycles. The van der Waals surface area contributed by atoms with Crippen molar-refractivity contribution in [3.63, 3.8) is 0 Å². The normalized spacial score (nSPS) is 16.0. The van der Waals surface area contributed by atoms with Crippen molar-refractivity contribution >= 4 is 18.2 Å². The molecule has 0 heterocycles. The van der Waals surface area contributed by atoms with E-state index in [0.29, 0.717) is 0 Å². The predicted octanol–water partition coefficient (Wildman–Crippen LogP) is 1.95. The third kappa shape index (κ3) is 1.39. The highest BCUT2D eigenvalue weighted by molar-refractivity contribution is 5.66. The van der Waals surface area contributed by atoms with Crippen molar-refractivity contribution in [2.75, 3.05) is 0 Å². The van der Waals surface area contributed by atoms with Gasteiger partial charge in [0.1, 0.15) is 0 Å². The molecule has 0 nitrogen and oxygen atoms in total. The molecule has 0 spiro atoms. The maximum atomic E-state index is 2.18. The molecule has 0 saturated heterocycles. The standard InChI is InChI=1S/C15H11/c1-2-6-12-10-11-13-7-4-5-9-15(13)14(12)8-3-1/h1-11H. The smallest absolute Gasteiger partial charge is 0.0137 e. The van der Waals surface area contributed by atoms with Crippen molar-refractivity contribution in [1.82, 2.24) is 0 Å². The van der Waals surface area contributed by atoms with E-state index in [1.165, 1.54) is 21.6 Å². The summed E-state index contributed by atoms with van der Waals surface area (Å²) in [6, 6.07) is 4.36. The molecule has 15 heavy (non-hydrogen) atoms. The molecule has 0 aliphatic heterocycles. The highest BCUT2D eigenvalue weighted by atomic mass is 14.1. The van der Waals surface area contributed by atoms with Crippen LogP contribution in [-0.2, 0) is 0 Å². The zero-order chi connectivity index (χ0) is 10.1. The van der Waals surface area contributed by atoms with Gasteiger partial charge in [0.05, 0.1) is 0 Å². The van der Waals surface area contributed by atoms with Gasteiger partial charge >= 0.3 is 0 Å². The molecule has 1 aromatic rings. The van der Waals surface area contributed by atoms with Gasteiger partial charge in [-0.3, -0.25) is 0 Å². The lowest BCUT2D eigenvalue weighted by molar-refractivity contribution is 1.38. The largest absolute Gasteiger partial charge is 0.0760 e. The van der Waals surface area contributed by atoms with Gasteiger partial charge in [0.25, 0.3) is 0 Å². The quantitative estimate of drug-likeness (QED) is 0.588. The van der Waals surface area contributed by atoms with Gasteiger partial charge in [0, 0.05) is 6.42 Å². The van der Waals surface area contributed by atoms with Crippen LogP contribution in [-0.4, -0.2) is 0 Å². The van der Waals surface area contributed by atoms with E-state index >= 15 is 0 Å². The van der Waals surface area contributed by atoms with Crippen molar-refractivity contribution in [3.05, 3.63) is 70.5 Å². The summed E-state index contributed by atoms with van der Waals surface area (Å²) in [7, 11) is 0. The minimum absolute atomic E-state index is 1.29. The van der Waals surface area contributed by atoms with Crippen LogP contribution in [0, 0.1) is 6.42 Å². The van der Waals surface area contributed by atoms with Gasteiger partial charge in [-0.2, -0.15) is 0 Å². The Kier molecular flexibility index (Phi) is 1.92. The Morgan fingerprint density at radius 1 is 0.600 bits per heavy atom. The second-order valence-corrected chi connectivity index (χ2v) is 3.70. The fourth-order valence-corrected chi connectivity index (χ4v) is 2.02. The SMILES string of the molecule is [CH]1C=CC=c2ccc3c(c21)C=CC=CC=3. The molecule has 0 fully saturated rings. The first kappa shape index (κ1) is 8.49. The molecule has 0 bridgehead atoms. The Labute approximate surface area is 89.3 Å². The molecule has 2 aliphatic carbocycles. The highest BCUT2D eigenvalue weighted by Crippen LogP contribution is 2.10. The highest BCUT2D eigenvalue weighted by Gasteiger charge is 2.04. The maximum Gasteiger partial charge on any atom is 0.0137 e. The van der Waals surface area contributed by atoms with Crippen molar-refractivity contribution in [2.24, 2.45) is 0 Å². The van der Waals surface area contributed by atoms with E-state index < -0.39 is 0 Å². The minimum Gasteiger partial charge on any atom is -0.0760 e. The molecule has 3 rings (SSSR count). The summed E-state index contributed by atoms with van der Waals surface area (Å²) >= 11 is 0. The van der Waals surface area contributed by atoms with Gasteiger partial charge < -0.3 is 0 Å². The molecule has 0 N–H and O–H groups in total. The molecule has 0 atom stereocenters. The third-order valence-corrected chi connectivity index (χ3v) is 2.77. The number of hydrogen-bond donors (Lipinski definition) is 0. The second-order valence-electron chi connectivity index (χ2n) is 3.70. The Hall–Kier alpha value is -1.82. The van der Waals surface area contributed by atoms with E-state index in [9.17, 15) is 0 Å². The Morgan fingerprint density at radius 3 is 2.20 bits per heavy atom. The van der Waals surface area contributed by atoms with E-state index in [-0.39, 0.29) is 0 Å². The Morgan fingerprint density at radius 2 is 1.33 bits per heavy atom. The molecule has 71 valence electrons. The molecule has 0 unspecified atom stereocenters. The first-order valence-corrected chi connectivity index (χ1v) is 5.15. The van der Waals surface area contributed by atoms with Crippen LogP contribution in [0.3, 0.4) is 0 Å². The monoisotopic (exact) mass is 191 g/mol. The number of benzene rings is 1. The third-order valence-electron chi connectivity index (χ3n) is 2.77. The van der Waals surface area contributed by atoms with E-state index in [4.69, 9.17) is 0 Å². The van der Waals surface area contributed by atoms with E-state index in [1.54, 1.807) is 0 Å². The van der Waals surface area contributed by atoms with Crippen molar-refractivity contribution < 1.29 is 0 Å². The summed E-state index contributed by atoms with van der Waals surface area (Å²) in [5.74, 6) is 0. The molecule has 0 heteroatoms. The fourth-order valence-electron chi connectivity index (χ4n) is 2.02. The van der Waals surface area contributed by atoms with Crippen molar-refractivity contribution in [3.8, 4) is 0 Å². The van der Waals surface area contributed by atoms with Gasteiger partial charge in [0.2, 0.25) is 0 Å². The Bertz CT molecular complexity index is 596. The summed E-state index contributed by atoms with van der Waals surface area (Å²) in [5, 5.41) is 2.59. The van der Waals surface area contributed by atoms with Crippen LogP contribution in [0.2, 0.25) is 0 Å². The van der Waals surface area contributed by atoms with Crippen LogP contribution in [0.5, 0.6) is 0 Å². The maximum absolute atomic E-state index is 2.18. The van der Waals surface area contributed by atoms with Gasteiger partial charge in [-0.1, -0.05) is 60.7 Å². The number of allylic oxidation sites excluding steroid dienone is 5. The lowest BCUT2D eigenvalue weighted by atomic mass is 9.96. The molecular weight excluding hydrogens is 180 g/mol. The number of hydrogen-bond acceptors (Lipinski definition) is 0. The molecule has 0 saturated carbocycles. The first-order chi connectivity index (χ1) is 7.45. The Balaban J connectivity index is 2.41. The average Bonchev–Trinajstić information content (AvgIpc) is 2.54. The molecule has 0 amide bonds. The topological polar surface area (TPSA) is 0 Å². The van der Waals surface area contributed by atoms with Crippen LogP contribution in [0.1, 0.15) is 11.1 Å². The summed E-state index contributed by atoms with van der Waals surface area (Å²) in [5.41, 5.74) is 2.64. The van der Waals surface area contributed by atoms with Gasteiger partial charge in [0.15, 0.2) is 0 Å². The van der Waals surface area contributed by atoms with Crippen molar-refractivity contribution in [1.29, 1.82) is 0 Å². The van der Waals surface area contributed by atoms with Crippen LogP contribution in [0.25, 0.3) is 18.2 Å². The predicted molar refractivity (Wildman–Crippen MR) is 65.3 cm³/mol. The summed E-state index contributed by atoms with van der Waals surface area (Å²) in [6.07, 6.45) is 19.1. The van der Waals surface area contributed by atoms with Gasteiger partial charge in [-0.05, 0) is 21.6 Å². The lowest BCUT2D eigenvalue weighted by Crippen LogP contribution is -2.19. The first-order valence-electron chi connectivity index (χ1n) is 5.15. The second kappa shape index (κ2) is 3.39. The summed E-state index contributed by atoms with van der Waals surface area (Å²) < 4.78 is 0. The minimum atomic E-state index is 1.29. The summed E-state index contributed by atoms with van der Waals surface area (Å²) in [4.78, 5) is 0. The van der Waals surface area contributed by atoms with Gasteiger partial charge in [-0.25, -0.2) is 0 Å². The van der Waals surface area contributed by atoms with E-state index in [1.807, 2.05) is 0 Å².